The number of aryl methyl sites for hydroxylation is 1. The molecule has 0 aliphatic carbocycles. The first-order valence-electron chi connectivity index (χ1n) is 9.67. The fourth-order valence-electron chi connectivity index (χ4n) is 3.05. The van der Waals surface area contributed by atoms with E-state index in [1.807, 2.05) is 0 Å². The molecule has 9 nitrogen and oxygen atoms in total. The summed E-state index contributed by atoms with van der Waals surface area (Å²) in [5.41, 5.74) is 0.947. The maximum absolute atomic E-state index is 12.2. The molecular weight excluding hydrogens is 424 g/mol. The number of carbonyl (C=O) groups is 2. The number of benzene rings is 2. The summed E-state index contributed by atoms with van der Waals surface area (Å²) in [6.45, 7) is 2.26. The van der Waals surface area contributed by atoms with E-state index < -0.39 is 28.5 Å². The zero-order chi connectivity index (χ0) is 22.4. The van der Waals surface area contributed by atoms with Crippen LogP contribution in [0.5, 0.6) is 5.75 Å². The number of esters is 1. The van der Waals surface area contributed by atoms with Gasteiger partial charge in [-0.05, 0) is 61.7 Å². The molecular formula is C21H24N2O7S. The van der Waals surface area contributed by atoms with Crippen LogP contribution in [0, 0.1) is 6.92 Å². The summed E-state index contributed by atoms with van der Waals surface area (Å²) in [4.78, 5) is 24.1. The molecule has 1 aliphatic heterocycles. The summed E-state index contributed by atoms with van der Waals surface area (Å²) in [5, 5.41) is 7.63. The second kappa shape index (κ2) is 9.90. The van der Waals surface area contributed by atoms with Gasteiger partial charge in [0, 0.05) is 12.3 Å². The number of nitrogens with one attached hydrogen (secondary N) is 1. The van der Waals surface area contributed by atoms with Crippen LogP contribution in [0.3, 0.4) is 0 Å². The number of anilines is 1. The van der Waals surface area contributed by atoms with Gasteiger partial charge >= 0.3 is 5.97 Å². The van der Waals surface area contributed by atoms with Crippen LogP contribution in [-0.2, 0) is 24.3 Å². The van der Waals surface area contributed by atoms with E-state index in [-0.39, 0.29) is 22.3 Å². The summed E-state index contributed by atoms with van der Waals surface area (Å²) < 4.78 is 39.3. The Morgan fingerprint density at radius 1 is 1.19 bits per heavy atom. The van der Waals surface area contributed by atoms with Crippen LogP contribution in [0.25, 0.3) is 0 Å². The molecule has 1 saturated heterocycles. The Kier molecular flexibility index (Phi) is 7.26. The smallest absolute Gasteiger partial charge is 0.338 e. The van der Waals surface area contributed by atoms with Gasteiger partial charge in [0.25, 0.3) is 5.91 Å². The highest BCUT2D eigenvalue weighted by Gasteiger charge is 2.17. The van der Waals surface area contributed by atoms with E-state index in [1.165, 1.54) is 18.2 Å². The molecule has 31 heavy (non-hydrogen) atoms. The van der Waals surface area contributed by atoms with Crippen LogP contribution in [0.2, 0.25) is 0 Å². The van der Waals surface area contributed by atoms with Gasteiger partial charge in [-0.15, -0.1) is 0 Å². The Labute approximate surface area is 180 Å². The van der Waals surface area contributed by atoms with Crippen LogP contribution in [-0.4, -0.2) is 46.2 Å². The van der Waals surface area contributed by atoms with E-state index >= 15 is 0 Å². The van der Waals surface area contributed by atoms with Gasteiger partial charge in [-0.2, -0.15) is 0 Å². The second-order valence-electron chi connectivity index (χ2n) is 7.12. The largest absolute Gasteiger partial charge is 0.491 e. The quantitative estimate of drug-likeness (QED) is 0.590. The molecule has 0 spiro atoms. The van der Waals surface area contributed by atoms with Crippen LogP contribution < -0.4 is 15.2 Å². The molecule has 0 bridgehead atoms. The number of sulfonamides is 1. The number of amides is 1. The first-order valence-corrected chi connectivity index (χ1v) is 11.2. The number of nitrogens with two attached hydrogens (primary N) is 1. The van der Waals surface area contributed by atoms with Gasteiger partial charge in [0.05, 0.1) is 16.6 Å². The summed E-state index contributed by atoms with van der Waals surface area (Å²) in [6, 6.07) is 10.7. The van der Waals surface area contributed by atoms with Crippen LogP contribution >= 0.6 is 0 Å². The molecule has 1 atom stereocenters. The molecule has 2 aromatic rings. The molecule has 0 saturated carbocycles. The lowest BCUT2D eigenvalue weighted by Gasteiger charge is -2.12. The Morgan fingerprint density at radius 2 is 1.94 bits per heavy atom. The van der Waals surface area contributed by atoms with Crippen molar-refractivity contribution >= 4 is 27.6 Å². The van der Waals surface area contributed by atoms with Gasteiger partial charge in [-0.3, -0.25) is 4.79 Å². The zero-order valence-electron chi connectivity index (χ0n) is 17.0. The predicted molar refractivity (Wildman–Crippen MR) is 112 cm³/mol. The van der Waals surface area contributed by atoms with E-state index in [1.54, 1.807) is 31.2 Å². The second-order valence-corrected chi connectivity index (χ2v) is 8.65. The maximum Gasteiger partial charge on any atom is 0.338 e. The molecule has 1 amide bonds. The molecule has 0 aromatic heterocycles. The van der Waals surface area contributed by atoms with Crippen molar-refractivity contribution in [1.82, 2.24) is 0 Å². The van der Waals surface area contributed by atoms with E-state index in [2.05, 4.69) is 5.32 Å². The normalized spacial score (nSPS) is 16.0. The highest BCUT2D eigenvalue weighted by Crippen LogP contribution is 2.19. The number of carbonyl (C=O) groups excluding carboxylic acids is 2. The number of hydrogen-bond acceptors (Lipinski definition) is 7. The molecule has 3 rings (SSSR count). The van der Waals surface area contributed by atoms with Crippen molar-refractivity contribution in [3.05, 3.63) is 53.6 Å². The number of ether oxygens (including phenoxy) is 3. The van der Waals surface area contributed by atoms with E-state index in [4.69, 9.17) is 19.3 Å². The van der Waals surface area contributed by atoms with Crippen molar-refractivity contribution in [2.45, 2.75) is 30.8 Å². The summed E-state index contributed by atoms with van der Waals surface area (Å²) in [6.07, 6.45) is 2.10. The predicted octanol–water partition coefficient (Wildman–Crippen LogP) is 2.00. The number of rotatable bonds is 8. The van der Waals surface area contributed by atoms with Crippen LogP contribution in [0.15, 0.2) is 47.4 Å². The molecule has 1 aliphatic rings. The SMILES string of the molecule is Cc1ccc(NC(=O)COC(=O)c2ccc(OCC3CCCO3)cc2)cc1S(N)(=O)=O. The minimum atomic E-state index is -3.92. The van der Waals surface area contributed by atoms with Crippen LogP contribution in [0.1, 0.15) is 28.8 Å². The van der Waals surface area contributed by atoms with Crippen molar-refractivity contribution in [3.63, 3.8) is 0 Å². The van der Waals surface area contributed by atoms with Crippen molar-refractivity contribution in [2.24, 2.45) is 5.14 Å². The van der Waals surface area contributed by atoms with Gasteiger partial charge in [0.15, 0.2) is 6.61 Å². The van der Waals surface area contributed by atoms with E-state index in [0.717, 1.165) is 19.4 Å². The first kappa shape index (κ1) is 22.7. The van der Waals surface area contributed by atoms with Crippen molar-refractivity contribution in [1.29, 1.82) is 0 Å². The fourth-order valence-corrected chi connectivity index (χ4v) is 3.86. The Balaban J connectivity index is 1.49. The van der Waals surface area contributed by atoms with E-state index in [9.17, 15) is 18.0 Å². The standard InChI is InChI=1S/C21H24N2O7S/c1-14-4-7-16(11-19(14)31(22,26)27)23-20(24)13-30-21(25)15-5-8-17(9-6-15)29-12-18-3-2-10-28-18/h4-9,11,18H,2-3,10,12-13H2,1H3,(H,23,24)(H2,22,26,27). The topological polar surface area (TPSA) is 134 Å². The molecule has 1 fully saturated rings. The lowest BCUT2D eigenvalue weighted by Crippen LogP contribution is -2.21. The summed E-state index contributed by atoms with van der Waals surface area (Å²) in [7, 11) is -3.92. The highest BCUT2D eigenvalue weighted by atomic mass is 32.2. The Hall–Kier alpha value is -2.95. The van der Waals surface area contributed by atoms with Crippen molar-refractivity contribution < 1.29 is 32.2 Å². The molecule has 2 aromatic carbocycles. The lowest BCUT2D eigenvalue weighted by molar-refractivity contribution is -0.119. The van der Waals surface area contributed by atoms with Crippen LogP contribution in [0.4, 0.5) is 5.69 Å². The van der Waals surface area contributed by atoms with Gasteiger partial charge < -0.3 is 19.5 Å². The monoisotopic (exact) mass is 448 g/mol. The molecule has 10 heteroatoms. The number of hydrogen-bond donors (Lipinski definition) is 2. The Bertz CT molecular complexity index is 1050. The molecule has 1 unspecified atom stereocenters. The average molecular weight is 448 g/mol. The maximum atomic E-state index is 12.2. The van der Waals surface area contributed by atoms with Gasteiger partial charge in [0.1, 0.15) is 12.4 Å². The summed E-state index contributed by atoms with van der Waals surface area (Å²) in [5.74, 6) is -0.682. The first-order chi connectivity index (χ1) is 14.7. The number of primary sulfonamides is 1. The molecule has 0 radical (unpaired) electrons. The van der Waals surface area contributed by atoms with Gasteiger partial charge in [0.2, 0.25) is 10.0 Å². The van der Waals surface area contributed by atoms with Crippen molar-refractivity contribution in [2.75, 3.05) is 25.1 Å². The third kappa shape index (κ3) is 6.51. The molecule has 3 N–H and O–H groups in total. The minimum Gasteiger partial charge on any atom is -0.491 e. The fraction of sp³-hybridized carbons (Fsp3) is 0.333. The Morgan fingerprint density at radius 3 is 2.58 bits per heavy atom. The van der Waals surface area contributed by atoms with Gasteiger partial charge in [-0.25, -0.2) is 18.4 Å². The highest BCUT2D eigenvalue weighted by molar-refractivity contribution is 7.89. The average Bonchev–Trinajstić information content (AvgIpc) is 3.25. The minimum absolute atomic E-state index is 0.0934. The van der Waals surface area contributed by atoms with E-state index in [0.29, 0.717) is 17.9 Å². The molecule has 1 heterocycles. The zero-order valence-corrected chi connectivity index (χ0v) is 17.8. The third-order valence-corrected chi connectivity index (χ3v) is 5.72. The summed E-state index contributed by atoms with van der Waals surface area (Å²) >= 11 is 0. The van der Waals surface area contributed by atoms with Gasteiger partial charge in [-0.1, -0.05) is 6.07 Å². The lowest BCUT2D eigenvalue weighted by atomic mass is 10.2. The van der Waals surface area contributed by atoms with Crippen molar-refractivity contribution in [3.8, 4) is 5.75 Å². The third-order valence-electron chi connectivity index (χ3n) is 4.66. The molecule has 166 valence electrons.